The monoisotopic (exact) mass is 229 g/mol. The lowest BCUT2D eigenvalue weighted by Gasteiger charge is -2.07. The van der Waals surface area contributed by atoms with Crippen molar-refractivity contribution in [3.8, 4) is 5.75 Å². The molecule has 2 aromatic carbocycles. The highest BCUT2D eigenvalue weighted by molar-refractivity contribution is 5.91. The summed E-state index contributed by atoms with van der Waals surface area (Å²) in [5.74, 6) is -1.40. The van der Waals surface area contributed by atoms with E-state index in [-0.39, 0.29) is 11.3 Å². The summed E-state index contributed by atoms with van der Waals surface area (Å²) >= 11 is 0. The third-order valence-electron chi connectivity index (χ3n) is 2.29. The molecule has 0 amide bonds. The van der Waals surface area contributed by atoms with E-state index >= 15 is 0 Å². The molecule has 0 bridgehead atoms. The number of hydrogen-bond donors (Lipinski definition) is 3. The molecule has 0 spiro atoms. The minimum Gasteiger partial charge on any atom is -0.507 e. The molecular weight excluding hydrogens is 218 g/mol. The molecule has 0 aliphatic heterocycles. The Bertz CT molecular complexity index is 538. The molecule has 0 aliphatic carbocycles. The molecule has 0 aromatic heterocycles. The molecule has 0 unspecified atom stereocenters. The van der Waals surface area contributed by atoms with E-state index in [2.05, 4.69) is 5.32 Å². The summed E-state index contributed by atoms with van der Waals surface area (Å²) in [6.07, 6.45) is 0. The molecule has 3 N–H and O–H groups in total. The average Bonchev–Trinajstić information content (AvgIpc) is 2.30. The zero-order chi connectivity index (χ0) is 12.3. The quantitative estimate of drug-likeness (QED) is 0.756. The largest absolute Gasteiger partial charge is 0.507 e. The van der Waals surface area contributed by atoms with E-state index in [9.17, 15) is 9.90 Å². The molecule has 0 heterocycles. The van der Waals surface area contributed by atoms with Gasteiger partial charge in [0.2, 0.25) is 0 Å². The molecule has 86 valence electrons. The first-order valence-corrected chi connectivity index (χ1v) is 5.05. The van der Waals surface area contributed by atoms with Gasteiger partial charge in [-0.05, 0) is 24.3 Å². The fraction of sp³-hybridized carbons (Fsp3) is 0. The molecular formula is C13H11NO3. The van der Waals surface area contributed by atoms with Crippen LogP contribution in [0.15, 0.2) is 48.5 Å². The first-order chi connectivity index (χ1) is 8.16. The van der Waals surface area contributed by atoms with Crippen molar-refractivity contribution in [3.63, 3.8) is 0 Å². The Morgan fingerprint density at radius 2 is 1.71 bits per heavy atom. The van der Waals surface area contributed by atoms with Crippen LogP contribution in [0.2, 0.25) is 0 Å². The van der Waals surface area contributed by atoms with Gasteiger partial charge in [0, 0.05) is 17.4 Å². The summed E-state index contributed by atoms with van der Waals surface area (Å²) < 4.78 is 0. The zero-order valence-corrected chi connectivity index (χ0v) is 8.92. The number of carboxylic acid groups (broad SMARTS) is 1. The van der Waals surface area contributed by atoms with Gasteiger partial charge in [-0.25, -0.2) is 4.79 Å². The maximum atomic E-state index is 10.7. The van der Waals surface area contributed by atoms with Crippen LogP contribution in [0.4, 0.5) is 11.4 Å². The predicted octanol–water partition coefficient (Wildman–Crippen LogP) is 2.83. The molecule has 2 aromatic rings. The second kappa shape index (κ2) is 4.57. The summed E-state index contributed by atoms with van der Waals surface area (Å²) in [5.41, 5.74) is 1.40. The first-order valence-electron chi connectivity index (χ1n) is 5.05. The summed E-state index contributed by atoms with van der Waals surface area (Å²) in [6, 6.07) is 13.8. The van der Waals surface area contributed by atoms with Gasteiger partial charge in [0.1, 0.15) is 11.3 Å². The van der Waals surface area contributed by atoms with Crippen LogP contribution in [0.5, 0.6) is 5.75 Å². The van der Waals surface area contributed by atoms with Gasteiger partial charge in [-0.1, -0.05) is 18.2 Å². The van der Waals surface area contributed by atoms with Crippen molar-refractivity contribution < 1.29 is 15.0 Å². The number of aromatic hydroxyl groups is 1. The van der Waals surface area contributed by atoms with E-state index in [1.54, 1.807) is 6.07 Å². The van der Waals surface area contributed by atoms with Crippen LogP contribution in [0.25, 0.3) is 0 Å². The van der Waals surface area contributed by atoms with Gasteiger partial charge in [-0.2, -0.15) is 0 Å². The van der Waals surface area contributed by atoms with E-state index in [1.165, 1.54) is 12.1 Å². The lowest BCUT2D eigenvalue weighted by Crippen LogP contribution is -1.97. The number of benzene rings is 2. The number of hydrogen-bond acceptors (Lipinski definition) is 3. The number of nitrogens with one attached hydrogen (secondary N) is 1. The summed E-state index contributed by atoms with van der Waals surface area (Å²) in [4.78, 5) is 10.7. The number of phenols is 1. The SMILES string of the molecule is O=C(O)c1ccc(Nc2ccccc2)cc1O. The third-order valence-corrected chi connectivity index (χ3v) is 2.29. The molecule has 17 heavy (non-hydrogen) atoms. The fourth-order valence-electron chi connectivity index (χ4n) is 1.48. The van der Waals surface area contributed by atoms with Gasteiger partial charge < -0.3 is 15.5 Å². The van der Waals surface area contributed by atoms with E-state index in [0.717, 1.165) is 5.69 Å². The van der Waals surface area contributed by atoms with Gasteiger partial charge in [-0.15, -0.1) is 0 Å². The predicted molar refractivity (Wildman–Crippen MR) is 64.8 cm³/mol. The summed E-state index contributed by atoms with van der Waals surface area (Å²) in [6.45, 7) is 0. The molecule has 0 atom stereocenters. The lowest BCUT2D eigenvalue weighted by atomic mass is 10.2. The number of rotatable bonds is 3. The second-order valence-corrected chi connectivity index (χ2v) is 3.53. The molecule has 0 saturated heterocycles. The highest BCUT2D eigenvalue weighted by Gasteiger charge is 2.09. The molecule has 0 fully saturated rings. The molecule has 0 aliphatic rings. The van der Waals surface area contributed by atoms with Crippen molar-refractivity contribution in [1.29, 1.82) is 0 Å². The minimum absolute atomic E-state index is 0.108. The van der Waals surface area contributed by atoms with Crippen molar-refractivity contribution in [2.45, 2.75) is 0 Å². The van der Waals surface area contributed by atoms with Crippen molar-refractivity contribution in [3.05, 3.63) is 54.1 Å². The standard InChI is InChI=1S/C13H11NO3/c15-12-8-10(6-7-11(12)13(16)17)14-9-4-2-1-3-5-9/h1-8,14-15H,(H,16,17). The smallest absolute Gasteiger partial charge is 0.339 e. The van der Waals surface area contributed by atoms with Crippen molar-refractivity contribution in [1.82, 2.24) is 0 Å². The van der Waals surface area contributed by atoms with Crippen LogP contribution >= 0.6 is 0 Å². The van der Waals surface area contributed by atoms with Crippen molar-refractivity contribution in [2.75, 3.05) is 5.32 Å². The highest BCUT2D eigenvalue weighted by atomic mass is 16.4. The zero-order valence-electron chi connectivity index (χ0n) is 8.92. The second-order valence-electron chi connectivity index (χ2n) is 3.53. The normalized spacial score (nSPS) is 9.88. The summed E-state index contributed by atoms with van der Waals surface area (Å²) in [7, 11) is 0. The Balaban J connectivity index is 2.24. The number of carboxylic acids is 1. The maximum Gasteiger partial charge on any atom is 0.339 e. The van der Waals surface area contributed by atoms with Gasteiger partial charge in [-0.3, -0.25) is 0 Å². The van der Waals surface area contributed by atoms with Crippen LogP contribution in [-0.2, 0) is 0 Å². The minimum atomic E-state index is -1.14. The Morgan fingerprint density at radius 1 is 1.00 bits per heavy atom. The number of para-hydroxylation sites is 1. The Labute approximate surface area is 98.2 Å². The van der Waals surface area contributed by atoms with Gasteiger partial charge in [0.05, 0.1) is 0 Å². The fourth-order valence-corrected chi connectivity index (χ4v) is 1.48. The Kier molecular flexibility index (Phi) is 2.96. The van der Waals surface area contributed by atoms with Gasteiger partial charge >= 0.3 is 5.97 Å². The lowest BCUT2D eigenvalue weighted by molar-refractivity contribution is 0.0694. The molecule has 0 radical (unpaired) electrons. The molecule has 2 rings (SSSR count). The number of aromatic carboxylic acids is 1. The number of carbonyl (C=O) groups is 1. The van der Waals surface area contributed by atoms with E-state index in [4.69, 9.17) is 5.11 Å². The van der Waals surface area contributed by atoms with Crippen LogP contribution < -0.4 is 5.32 Å². The van der Waals surface area contributed by atoms with Gasteiger partial charge in [0.15, 0.2) is 0 Å². The maximum absolute atomic E-state index is 10.7. The Hall–Kier alpha value is -2.49. The van der Waals surface area contributed by atoms with Crippen LogP contribution in [0, 0.1) is 0 Å². The first kappa shape index (κ1) is 11.0. The van der Waals surface area contributed by atoms with E-state index in [0.29, 0.717) is 5.69 Å². The van der Waals surface area contributed by atoms with Crippen LogP contribution in [0.3, 0.4) is 0 Å². The molecule has 4 heteroatoms. The average molecular weight is 229 g/mol. The third kappa shape index (κ3) is 2.55. The topological polar surface area (TPSA) is 69.6 Å². The molecule has 0 saturated carbocycles. The van der Waals surface area contributed by atoms with Gasteiger partial charge in [0.25, 0.3) is 0 Å². The van der Waals surface area contributed by atoms with Crippen molar-refractivity contribution >= 4 is 17.3 Å². The van der Waals surface area contributed by atoms with Crippen LogP contribution in [-0.4, -0.2) is 16.2 Å². The van der Waals surface area contributed by atoms with Crippen LogP contribution in [0.1, 0.15) is 10.4 Å². The Morgan fingerprint density at radius 3 is 2.29 bits per heavy atom. The van der Waals surface area contributed by atoms with E-state index < -0.39 is 5.97 Å². The molecule has 4 nitrogen and oxygen atoms in total. The number of anilines is 2. The summed E-state index contributed by atoms with van der Waals surface area (Å²) in [5, 5.41) is 21.3. The highest BCUT2D eigenvalue weighted by Crippen LogP contribution is 2.24. The van der Waals surface area contributed by atoms with E-state index in [1.807, 2.05) is 30.3 Å². The van der Waals surface area contributed by atoms with Crippen molar-refractivity contribution in [2.24, 2.45) is 0 Å².